The van der Waals surface area contributed by atoms with Crippen molar-refractivity contribution in [3.05, 3.63) is 70.7 Å². The predicted molar refractivity (Wildman–Crippen MR) is 110 cm³/mol. The Hall–Kier alpha value is -2.33. The van der Waals surface area contributed by atoms with E-state index in [9.17, 15) is 9.59 Å². The van der Waals surface area contributed by atoms with Crippen molar-refractivity contribution < 1.29 is 14.3 Å². The number of likely N-dealkylation sites (tertiary alicyclic amines) is 1. The lowest BCUT2D eigenvalue weighted by Crippen LogP contribution is -2.40. The van der Waals surface area contributed by atoms with Crippen LogP contribution in [0.4, 0.5) is 0 Å². The van der Waals surface area contributed by atoms with Crippen molar-refractivity contribution in [2.75, 3.05) is 19.7 Å². The minimum absolute atomic E-state index is 0.0825. The topological polar surface area (TPSA) is 46.6 Å². The first kappa shape index (κ1) is 20.4. The number of hydrogen-bond acceptors (Lipinski definition) is 3. The maximum atomic E-state index is 13.0. The zero-order chi connectivity index (χ0) is 19.9. The Morgan fingerprint density at radius 1 is 1.14 bits per heavy atom. The normalized spacial score (nSPS) is 17.8. The summed E-state index contributed by atoms with van der Waals surface area (Å²) in [6.45, 7) is 3.39. The van der Waals surface area contributed by atoms with E-state index in [-0.39, 0.29) is 23.7 Å². The molecule has 2 aromatic rings. The molecule has 1 amide bonds. The number of piperidine rings is 1. The molecule has 2 unspecified atom stereocenters. The highest BCUT2D eigenvalue weighted by molar-refractivity contribution is 6.30. The Morgan fingerprint density at radius 2 is 1.86 bits per heavy atom. The maximum Gasteiger partial charge on any atom is 0.313 e. The summed E-state index contributed by atoms with van der Waals surface area (Å²) in [5, 5.41) is 0.641. The quantitative estimate of drug-likeness (QED) is 0.673. The molecule has 2 atom stereocenters. The molecule has 0 aromatic heterocycles. The van der Waals surface area contributed by atoms with Crippen molar-refractivity contribution >= 4 is 23.5 Å². The van der Waals surface area contributed by atoms with Gasteiger partial charge in [0.2, 0.25) is 5.91 Å². The van der Waals surface area contributed by atoms with E-state index in [2.05, 4.69) is 0 Å². The fourth-order valence-corrected chi connectivity index (χ4v) is 3.80. The van der Waals surface area contributed by atoms with E-state index >= 15 is 0 Å². The van der Waals surface area contributed by atoms with Crippen LogP contribution in [0.3, 0.4) is 0 Å². The highest BCUT2D eigenvalue weighted by atomic mass is 35.5. The Kier molecular flexibility index (Phi) is 7.10. The van der Waals surface area contributed by atoms with Crippen LogP contribution in [0.15, 0.2) is 54.6 Å². The molecule has 2 aromatic carbocycles. The molecular formula is C23H26ClNO3. The van der Waals surface area contributed by atoms with Crippen molar-refractivity contribution in [3.8, 4) is 0 Å². The molecule has 1 fully saturated rings. The molecule has 28 heavy (non-hydrogen) atoms. The number of amides is 1. The first-order valence-electron chi connectivity index (χ1n) is 9.74. The summed E-state index contributed by atoms with van der Waals surface area (Å²) in [5.41, 5.74) is 1.98. The summed E-state index contributed by atoms with van der Waals surface area (Å²) in [6.07, 6.45) is 2.50. The number of carbonyl (C=O) groups excluding carboxylic acids is 2. The molecule has 0 N–H and O–H groups in total. The van der Waals surface area contributed by atoms with Gasteiger partial charge < -0.3 is 9.64 Å². The van der Waals surface area contributed by atoms with Crippen LogP contribution in [0.2, 0.25) is 5.02 Å². The minimum Gasteiger partial charge on any atom is -0.465 e. The van der Waals surface area contributed by atoms with Crippen LogP contribution in [0.5, 0.6) is 0 Å². The first-order chi connectivity index (χ1) is 13.5. The first-order valence-corrected chi connectivity index (χ1v) is 10.1. The zero-order valence-corrected chi connectivity index (χ0v) is 16.9. The molecule has 1 aliphatic rings. The molecule has 1 saturated heterocycles. The smallest absolute Gasteiger partial charge is 0.313 e. The summed E-state index contributed by atoms with van der Waals surface area (Å²) in [4.78, 5) is 26.4. The van der Waals surface area contributed by atoms with E-state index in [0.717, 1.165) is 30.5 Å². The number of esters is 1. The number of carbonyl (C=O) groups is 2. The number of rotatable bonds is 6. The predicted octanol–water partition coefficient (Wildman–Crippen LogP) is 4.47. The van der Waals surface area contributed by atoms with Gasteiger partial charge in [0.1, 0.15) is 0 Å². The Balaban J connectivity index is 1.67. The molecule has 148 valence electrons. The van der Waals surface area contributed by atoms with E-state index in [1.807, 2.05) is 47.4 Å². The van der Waals surface area contributed by atoms with Crippen molar-refractivity contribution in [1.82, 2.24) is 4.90 Å². The standard InChI is InChI=1S/C23H26ClNO3/c1-17(26)25-13-5-8-19(15-25)16-28-23(27)22(14-18-6-3-2-4-7-18)20-9-11-21(24)12-10-20/h2-4,6-7,9-12,19,22H,5,8,13-16H2,1H3. The summed E-state index contributed by atoms with van der Waals surface area (Å²) in [7, 11) is 0. The number of hydrogen-bond donors (Lipinski definition) is 0. The van der Waals surface area contributed by atoms with Gasteiger partial charge in [0.15, 0.2) is 0 Å². The molecule has 0 radical (unpaired) electrons. The number of nitrogens with zero attached hydrogens (tertiary/aromatic N) is 1. The van der Waals surface area contributed by atoms with Gasteiger partial charge in [-0.2, -0.15) is 0 Å². The largest absolute Gasteiger partial charge is 0.465 e. The molecule has 0 spiro atoms. The maximum absolute atomic E-state index is 13.0. The van der Waals surface area contributed by atoms with Gasteiger partial charge in [0, 0.05) is 31.0 Å². The van der Waals surface area contributed by atoms with Crippen LogP contribution < -0.4 is 0 Å². The lowest BCUT2D eigenvalue weighted by molar-refractivity contribution is -0.147. The van der Waals surface area contributed by atoms with Gasteiger partial charge in [-0.3, -0.25) is 9.59 Å². The second kappa shape index (κ2) is 9.74. The van der Waals surface area contributed by atoms with E-state index in [1.165, 1.54) is 0 Å². The van der Waals surface area contributed by atoms with Crippen molar-refractivity contribution in [1.29, 1.82) is 0 Å². The Bertz CT molecular complexity index is 791. The van der Waals surface area contributed by atoms with E-state index < -0.39 is 0 Å². The Labute approximate surface area is 171 Å². The summed E-state index contributed by atoms with van der Waals surface area (Å²) >= 11 is 6.01. The van der Waals surface area contributed by atoms with Gasteiger partial charge in [0.25, 0.3) is 0 Å². The molecule has 1 aliphatic heterocycles. The van der Waals surface area contributed by atoms with E-state index in [4.69, 9.17) is 16.3 Å². The van der Waals surface area contributed by atoms with Gasteiger partial charge in [-0.05, 0) is 42.5 Å². The third-order valence-electron chi connectivity index (χ3n) is 5.27. The third-order valence-corrected chi connectivity index (χ3v) is 5.52. The molecule has 3 rings (SSSR count). The van der Waals surface area contributed by atoms with Gasteiger partial charge in [-0.15, -0.1) is 0 Å². The van der Waals surface area contributed by atoms with E-state index in [0.29, 0.717) is 24.6 Å². The summed E-state index contributed by atoms with van der Waals surface area (Å²) < 4.78 is 5.72. The van der Waals surface area contributed by atoms with Gasteiger partial charge >= 0.3 is 5.97 Å². The summed E-state index contributed by atoms with van der Waals surface area (Å²) in [6, 6.07) is 17.3. The number of halogens is 1. The molecular weight excluding hydrogens is 374 g/mol. The minimum atomic E-state index is -0.382. The number of benzene rings is 2. The van der Waals surface area contributed by atoms with Crippen molar-refractivity contribution in [2.24, 2.45) is 5.92 Å². The average molecular weight is 400 g/mol. The van der Waals surface area contributed by atoms with Gasteiger partial charge in [0.05, 0.1) is 12.5 Å². The highest BCUT2D eigenvalue weighted by Crippen LogP contribution is 2.25. The van der Waals surface area contributed by atoms with Crippen LogP contribution in [0.1, 0.15) is 36.8 Å². The Morgan fingerprint density at radius 3 is 2.54 bits per heavy atom. The summed E-state index contributed by atoms with van der Waals surface area (Å²) in [5.74, 6) is -0.332. The van der Waals surface area contributed by atoms with Gasteiger partial charge in [-0.25, -0.2) is 0 Å². The SMILES string of the molecule is CC(=O)N1CCCC(COC(=O)C(Cc2ccccc2)c2ccc(Cl)cc2)C1. The molecule has 0 aliphatic carbocycles. The molecule has 0 saturated carbocycles. The highest BCUT2D eigenvalue weighted by Gasteiger charge is 2.26. The fourth-order valence-electron chi connectivity index (χ4n) is 3.67. The van der Waals surface area contributed by atoms with Crippen LogP contribution in [-0.4, -0.2) is 36.5 Å². The average Bonchev–Trinajstić information content (AvgIpc) is 2.72. The monoisotopic (exact) mass is 399 g/mol. The number of ether oxygens (including phenoxy) is 1. The lowest BCUT2D eigenvalue weighted by atomic mass is 9.92. The van der Waals surface area contributed by atoms with Crippen LogP contribution >= 0.6 is 11.6 Å². The van der Waals surface area contributed by atoms with Crippen molar-refractivity contribution in [2.45, 2.75) is 32.1 Å². The van der Waals surface area contributed by atoms with Crippen LogP contribution in [-0.2, 0) is 20.7 Å². The second-order valence-electron chi connectivity index (χ2n) is 7.40. The molecule has 5 heteroatoms. The van der Waals surface area contributed by atoms with Crippen molar-refractivity contribution in [3.63, 3.8) is 0 Å². The zero-order valence-electron chi connectivity index (χ0n) is 16.1. The van der Waals surface area contributed by atoms with E-state index in [1.54, 1.807) is 19.1 Å². The molecule has 4 nitrogen and oxygen atoms in total. The molecule has 0 bridgehead atoms. The lowest BCUT2D eigenvalue weighted by Gasteiger charge is -2.32. The second-order valence-corrected chi connectivity index (χ2v) is 7.83. The third kappa shape index (κ3) is 5.59. The van der Waals surface area contributed by atoms with Crippen LogP contribution in [0.25, 0.3) is 0 Å². The fraction of sp³-hybridized carbons (Fsp3) is 0.391. The van der Waals surface area contributed by atoms with Crippen LogP contribution in [0, 0.1) is 5.92 Å². The van der Waals surface area contributed by atoms with Gasteiger partial charge in [-0.1, -0.05) is 54.1 Å². The molecule has 1 heterocycles.